The third-order valence-corrected chi connectivity index (χ3v) is 2.04. The highest BCUT2D eigenvalue weighted by Crippen LogP contribution is 2.28. The predicted molar refractivity (Wildman–Crippen MR) is 53.4 cm³/mol. The van der Waals surface area contributed by atoms with Gasteiger partial charge in [0.15, 0.2) is 12.5 Å². The summed E-state index contributed by atoms with van der Waals surface area (Å²) in [5.74, 6) is -0.397. The van der Waals surface area contributed by atoms with Crippen molar-refractivity contribution in [2.75, 3.05) is 5.01 Å². The summed E-state index contributed by atoms with van der Waals surface area (Å²) >= 11 is 0. The second-order valence-corrected chi connectivity index (χ2v) is 3.29. The zero-order valence-corrected chi connectivity index (χ0v) is 8.76. The minimum Gasteiger partial charge on any atom is -0.406 e. The smallest absolute Gasteiger partial charge is 0.406 e. The summed E-state index contributed by atoms with van der Waals surface area (Å²) in [5.41, 5.74) is 2.63. The number of rotatable bonds is 3. The Labute approximate surface area is 99.0 Å². The maximum atomic E-state index is 12.0. The van der Waals surface area contributed by atoms with Gasteiger partial charge >= 0.3 is 6.36 Å². The lowest BCUT2D eigenvalue weighted by Gasteiger charge is -2.17. The van der Waals surface area contributed by atoms with Gasteiger partial charge in [0, 0.05) is 6.07 Å². The summed E-state index contributed by atoms with van der Waals surface area (Å²) in [6, 6.07) is 5.08. The molecule has 0 bridgehead atoms. The average molecular weight is 260 g/mol. The first-order valence-electron chi connectivity index (χ1n) is 4.76. The molecule has 1 aromatic carbocycles. The summed E-state index contributed by atoms with van der Waals surface area (Å²) in [6.45, 7) is 0. The van der Waals surface area contributed by atoms with E-state index in [-0.39, 0.29) is 5.69 Å². The molecule has 0 amide bonds. The van der Waals surface area contributed by atoms with E-state index in [1.807, 2.05) is 0 Å². The number of nitrogens with zero attached hydrogens (tertiary/aromatic N) is 3. The Morgan fingerprint density at radius 2 is 2.22 bits per heavy atom. The molecule has 1 atom stereocenters. The standard InChI is InChI=1S/C9H7F3N4O2/c10-9(11,12)18-7-3-1-2-6(4-7)16-8(5-17)13-14-15-16/h1-5,8H,(H,13,15). The molecule has 2 rings (SSSR count). The van der Waals surface area contributed by atoms with Gasteiger partial charge in [-0.2, -0.15) is 0 Å². The van der Waals surface area contributed by atoms with Crippen LogP contribution in [0.15, 0.2) is 34.7 Å². The molecule has 0 aliphatic carbocycles. The van der Waals surface area contributed by atoms with Gasteiger partial charge in [0.1, 0.15) is 5.75 Å². The molecule has 0 spiro atoms. The molecule has 9 heteroatoms. The number of alkyl halides is 3. The fraction of sp³-hybridized carbons (Fsp3) is 0.222. The highest BCUT2D eigenvalue weighted by atomic mass is 19.4. The number of benzene rings is 1. The van der Waals surface area contributed by atoms with Gasteiger partial charge in [-0.3, -0.25) is 10.2 Å². The van der Waals surface area contributed by atoms with E-state index in [2.05, 4.69) is 20.6 Å². The summed E-state index contributed by atoms with van der Waals surface area (Å²) in [4.78, 5) is 10.7. The third kappa shape index (κ3) is 2.67. The Kier molecular flexibility index (Phi) is 3.04. The fourth-order valence-electron chi connectivity index (χ4n) is 1.37. The van der Waals surface area contributed by atoms with Crippen LogP contribution < -0.4 is 15.2 Å². The summed E-state index contributed by atoms with van der Waals surface area (Å²) in [6.07, 6.45) is -5.09. The number of carbonyl (C=O) groups excluding carboxylic acids is 1. The minimum atomic E-state index is -4.77. The monoisotopic (exact) mass is 260 g/mol. The quantitative estimate of drug-likeness (QED) is 0.841. The van der Waals surface area contributed by atoms with Crippen molar-refractivity contribution in [1.82, 2.24) is 5.43 Å². The molecule has 1 aliphatic heterocycles. The van der Waals surface area contributed by atoms with Crippen molar-refractivity contribution in [1.29, 1.82) is 0 Å². The molecular weight excluding hydrogens is 253 g/mol. The van der Waals surface area contributed by atoms with Crippen LogP contribution in [0.5, 0.6) is 5.75 Å². The van der Waals surface area contributed by atoms with Gasteiger partial charge in [0.2, 0.25) is 0 Å². The molecular formula is C9H7F3N4O2. The van der Waals surface area contributed by atoms with E-state index in [4.69, 9.17) is 0 Å². The molecule has 1 N–H and O–H groups in total. The summed E-state index contributed by atoms with van der Waals surface area (Å²) in [7, 11) is 0. The SMILES string of the molecule is O=CC1NN=NN1c1cccc(OC(F)(F)F)c1. The van der Waals surface area contributed by atoms with E-state index in [9.17, 15) is 18.0 Å². The molecule has 96 valence electrons. The van der Waals surface area contributed by atoms with E-state index < -0.39 is 18.3 Å². The molecule has 0 aromatic heterocycles. The zero-order valence-electron chi connectivity index (χ0n) is 8.76. The molecule has 1 unspecified atom stereocenters. The Balaban J connectivity index is 2.22. The van der Waals surface area contributed by atoms with E-state index in [1.165, 1.54) is 12.1 Å². The number of hydrogen-bond acceptors (Lipinski definition) is 6. The van der Waals surface area contributed by atoms with Crippen LogP contribution in [0.1, 0.15) is 0 Å². The van der Waals surface area contributed by atoms with Crippen LogP contribution in [0, 0.1) is 0 Å². The number of anilines is 1. The Hall–Kier alpha value is -2.32. The van der Waals surface area contributed by atoms with Gasteiger partial charge in [0.25, 0.3) is 0 Å². The van der Waals surface area contributed by atoms with Crippen molar-refractivity contribution >= 4 is 12.0 Å². The summed E-state index contributed by atoms with van der Waals surface area (Å²) < 4.78 is 39.9. The van der Waals surface area contributed by atoms with Crippen molar-refractivity contribution in [2.24, 2.45) is 10.4 Å². The van der Waals surface area contributed by atoms with Gasteiger partial charge in [-0.25, -0.2) is 5.01 Å². The first-order valence-corrected chi connectivity index (χ1v) is 4.76. The normalized spacial score (nSPS) is 18.6. The maximum absolute atomic E-state index is 12.0. The maximum Gasteiger partial charge on any atom is 0.573 e. The van der Waals surface area contributed by atoms with Crippen molar-refractivity contribution in [3.05, 3.63) is 24.3 Å². The van der Waals surface area contributed by atoms with Crippen molar-refractivity contribution in [3.63, 3.8) is 0 Å². The van der Waals surface area contributed by atoms with Gasteiger partial charge in [0.05, 0.1) is 5.69 Å². The highest BCUT2D eigenvalue weighted by Gasteiger charge is 2.31. The van der Waals surface area contributed by atoms with Crippen LogP contribution in [0.2, 0.25) is 0 Å². The Bertz CT molecular complexity index is 477. The highest BCUT2D eigenvalue weighted by molar-refractivity contribution is 5.66. The summed E-state index contributed by atoms with van der Waals surface area (Å²) in [5, 5.41) is 8.11. The number of hydrogen-bond donors (Lipinski definition) is 1. The Morgan fingerprint density at radius 3 is 2.89 bits per heavy atom. The van der Waals surface area contributed by atoms with Gasteiger partial charge in [-0.05, 0) is 17.4 Å². The second kappa shape index (κ2) is 4.51. The van der Waals surface area contributed by atoms with E-state index in [0.717, 1.165) is 17.1 Å². The van der Waals surface area contributed by atoms with Crippen LogP contribution in [-0.4, -0.2) is 18.8 Å². The van der Waals surface area contributed by atoms with Crippen LogP contribution in [0.25, 0.3) is 0 Å². The van der Waals surface area contributed by atoms with Crippen LogP contribution in [-0.2, 0) is 4.79 Å². The Morgan fingerprint density at radius 1 is 1.44 bits per heavy atom. The molecule has 18 heavy (non-hydrogen) atoms. The lowest BCUT2D eigenvalue weighted by molar-refractivity contribution is -0.274. The van der Waals surface area contributed by atoms with E-state index in [0.29, 0.717) is 6.29 Å². The van der Waals surface area contributed by atoms with Crippen LogP contribution in [0.4, 0.5) is 18.9 Å². The molecule has 0 saturated carbocycles. The molecule has 6 nitrogen and oxygen atoms in total. The topological polar surface area (TPSA) is 66.3 Å². The third-order valence-electron chi connectivity index (χ3n) is 2.04. The first-order chi connectivity index (χ1) is 8.49. The lowest BCUT2D eigenvalue weighted by atomic mass is 10.3. The lowest BCUT2D eigenvalue weighted by Crippen LogP contribution is -2.36. The molecule has 1 aromatic rings. The fourth-order valence-corrected chi connectivity index (χ4v) is 1.37. The zero-order chi connectivity index (χ0) is 13.2. The van der Waals surface area contributed by atoms with Crippen molar-refractivity contribution in [2.45, 2.75) is 12.5 Å². The van der Waals surface area contributed by atoms with Gasteiger partial charge in [-0.1, -0.05) is 11.3 Å². The second-order valence-electron chi connectivity index (χ2n) is 3.29. The molecule has 0 saturated heterocycles. The van der Waals surface area contributed by atoms with Gasteiger partial charge < -0.3 is 4.74 Å². The number of nitrogens with one attached hydrogen (secondary N) is 1. The predicted octanol–water partition coefficient (Wildman–Crippen LogP) is 1.80. The van der Waals surface area contributed by atoms with Crippen LogP contribution in [0.3, 0.4) is 0 Å². The number of aldehydes is 1. The van der Waals surface area contributed by atoms with Crippen molar-refractivity contribution < 1.29 is 22.7 Å². The molecule has 0 radical (unpaired) electrons. The number of ether oxygens (including phenoxy) is 1. The van der Waals surface area contributed by atoms with Crippen molar-refractivity contribution in [3.8, 4) is 5.75 Å². The van der Waals surface area contributed by atoms with E-state index >= 15 is 0 Å². The number of halogens is 3. The van der Waals surface area contributed by atoms with Gasteiger partial charge in [-0.15, -0.1) is 13.2 Å². The number of carbonyl (C=O) groups is 1. The first kappa shape index (κ1) is 12.1. The largest absolute Gasteiger partial charge is 0.573 e. The minimum absolute atomic E-state index is 0.252. The van der Waals surface area contributed by atoms with E-state index in [1.54, 1.807) is 0 Å². The van der Waals surface area contributed by atoms with Crippen LogP contribution >= 0.6 is 0 Å². The molecule has 1 aliphatic rings. The molecule has 0 fully saturated rings. The average Bonchev–Trinajstić information content (AvgIpc) is 2.75. The molecule has 1 heterocycles.